The molecule has 0 unspecified atom stereocenters. The number of hydrogen-bond donors (Lipinski definition) is 2. The van der Waals surface area contributed by atoms with Gasteiger partial charge in [0.25, 0.3) is 0 Å². The Kier molecular flexibility index (Phi) is 3.10. The van der Waals surface area contributed by atoms with Gasteiger partial charge >= 0.3 is 0 Å². The molecule has 0 aromatic carbocycles. The highest BCUT2D eigenvalue weighted by Crippen LogP contribution is 2.06. The third kappa shape index (κ3) is 1.98. The van der Waals surface area contributed by atoms with Crippen LogP contribution >= 0.6 is 0 Å². The molecule has 0 bridgehead atoms. The number of nitrogens with two attached hydrogens (primary N) is 1. The lowest BCUT2D eigenvalue weighted by molar-refractivity contribution is 0.828. The van der Waals surface area contributed by atoms with Crippen molar-refractivity contribution in [2.24, 2.45) is 12.8 Å². The molecule has 0 saturated heterocycles. The second kappa shape index (κ2) is 4.11. The molecule has 4 heteroatoms. The van der Waals surface area contributed by atoms with Gasteiger partial charge in [-0.25, -0.2) is 4.98 Å². The first-order valence-corrected chi connectivity index (χ1v) is 4.18. The minimum absolute atomic E-state index is 0.726. The lowest BCUT2D eigenvalue weighted by Crippen LogP contribution is -2.10. The molecular weight excluding hydrogens is 152 g/mol. The molecule has 0 saturated carbocycles. The molecular formula is C8H16N4. The fourth-order valence-electron chi connectivity index (χ4n) is 0.985. The Morgan fingerprint density at radius 2 is 2.42 bits per heavy atom. The zero-order chi connectivity index (χ0) is 8.97. The van der Waals surface area contributed by atoms with E-state index in [1.54, 1.807) is 0 Å². The maximum Gasteiger partial charge on any atom is 0.125 e. The Bertz CT molecular complexity index is 241. The van der Waals surface area contributed by atoms with Crippen LogP contribution in [-0.4, -0.2) is 22.6 Å². The van der Waals surface area contributed by atoms with E-state index in [4.69, 9.17) is 5.73 Å². The Labute approximate surface area is 72.8 Å². The minimum atomic E-state index is 0.726. The quantitative estimate of drug-likeness (QED) is 0.643. The molecule has 12 heavy (non-hydrogen) atoms. The van der Waals surface area contributed by atoms with E-state index in [1.165, 1.54) is 0 Å². The second-order valence-corrected chi connectivity index (χ2v) is 2.82. The van der Waals surface area contributed by atoms with E-state index in [2.05, 4.69) is 10.3 Å². The molecule has 3 N–H and O–H groups in total. The molecule has 0 fully saturated rings. The van der Waals surface area contributed by atoms with Gasteiger partial charge in [-0.2, -0.15) is 0 Å². The van der Waals surface area contributed by atoms with Gasteiger partial charge in [0, 0.05) is 13.6 Å². The predicted octanol–water partition coefficient (Wildman–Crippen LogP) is 0.489. The van der Waals surface area contributed by atoms with Crippen LogP contribution in [0.4, 0.5) is 5.82 Å². The fraction of sp³-hybridized carbons (Fsp3) is 0.625. The van der Waals surface area contributed by atoms with Gasteiger partial charge in [0.1, 0.15) is 11.6 Å². The highest BCUT2D eigenvalue weighted by molar-refractivity contribution is 5.34. The van der Waals surface area contributed by atoms with E-state index in [9.17, 15) is 0 Å². The third-order valence-corrected chi connectivity index (χ3v) is 1.91. The minimum Gasteiger partial charge on any atom is -0.370 e. The van der Waals surface area contributed by atoms with E-state index in [0.29, 0.717) is 0 Å². The van der Waals surface area contributed by atoms with Crippen molar-refractivity contribution < 1.29 is 0 Å². The van der Waals surface area contributed by atoms with Crippen molar-refractivity contribution >= 4 is 5.82 Å². The third-order valence-electron chi connectivity index (χ3n) is 1.91. The highest BCUT2D eigenvalue weighted by Gasteiger charge is 1.99. The average Bonchev–Trinajstić information content (AvgIpc) is 2.36. The van der Waals surface area contributed by atoms with Crippen molar-refractivity contribution in [2.45, 2.75) is 13.3 Å². The maximum absolute atomic E-state index is 5.37. The van der Waals surface area contributed by atoms with E-state index in [-0.39, 0.29) is 0 Å². The number of nitrogens with zero attached hydrogens (tertiary/aromatic N) is 2. The van der Waals surface area contributed by atoms with Crippen LogP contribution in [-0.2, 0) is 7.05 Å². The predicted molar refractivity (Wildman–Crippen MR) is 50.1 cm³/mol. The van der Waals surface area contributed by atoms with Crippen LogP contribution < -0.4 is 11.1 Å². The molecule has 1 aromatic rings. The van der Waals surface area contributed by atoms with Gasteiger partial charge in [0.05, 0.1) is 6.20 Å². The number of hydrogen-bond acceptors (Lipinski definition) is 3. The highest BCUT2D eigenvalue weighted by atomic mass is 15.2. The van der Waals surface area contributed by atoms with Gasteiger partial charge in [-0.05, 0) is 19.9 Å². The summed E-state index contributed by atoms with van der Waals surface area (Å²) in [6.07, 6.45) is 2.83. The summed E-state index contributed by atoms with van der Waals surface area (Å²) in [4.78, 5) is 4.16. The van der Waals surface area contributed by atoms with Crippen molar-refractivity contribution in [3.63, 3.8) is 0 Å². The molecule has 0 aliphatic rings. The summed E-state index contributed by atoms with van der Waals surface area (Å²) >= 11 is 0. The number of rotatable bonds is 4. The molecule has 0 amide bonds. The van der Waals surface area contributed by atoms with Crippen LogP contribution in [0.25, 0.3) is 0 Å². The smallest absolute Gasteiger partial charge is 0.125 e. The Morgan fingerprint density at radius 1 is 1.67 bits per heavy atom. The summed E-state index contributed by atoms with van der Waals surface area (Å²) in [6, 6.07) is 0. The molecule has 0 radical (unpaired) electrons. The van der Waals surface area contributed by atoms with Crippen molar-refractivity contribution in [1.82, 2.24) is 9.55 Å². The zero-order valence-corrected chi connectivity index (χ0v) is 7.67. The van der Waals surface area contributed by atoms with E-state index < -0.39 is 0 Å². The first kappa shape index (κ1) is 9.06. The van der Waals surface area contributed by atoms with Crippen molar-refractivity contribution in [2.75, 3.05) is 18.4 Å². The lowest BCUT2D eigenvalue weighted by Gasteiger charge is -2.05. The van der Waals surface area contributed by atoms with Crippen LogP contribution in [0.5, 0.6) is 0 Å². The molecule has 0 aliphatic heterocycles. The Hall–Kier alpha value is -1.03. The van der Waals surface area contributed by atoms with Crippen LogP contribution in [0.2, 0.25) is 0 Å². The van der Waals surface area contributed by atoms with Crippen LogP contribution in [0.3, 0.4) is 0 Å². The van der Waals surface area contributed by atoms with E-state index in [0.717, 1.165) is 31.2 Å². The van der Waals surface area contributed by atoms with Gasteiger partial charge in [0.15, 0.2) is 0 Å². The lowest BCUT2D eigenvalue weighted by atomic mass is 10.4. The van der Waals surface area contributed by atoms with Crippen LogP contribution in [0.1, 0.15) is 12.2 Å². The van der Waals surface area contributed by atoms with Gasteiger partial charge in [-0.15, -0.1) is 0 Å². The van der Waals surface area contributed by atoms with Gasteiger partial charge in [-0.3, -0.25) is 0 Å². The van der Waals surface area contributed by atoms with Crippen molar-refractivity contribution in [3.8, 4) is 0 Å². The normalized spacial score (nSPS) is 10.2. The average molecular weight is 168 g/mol. The number of anilines is 1. The molecule has 0 aliphatic carbocycles. The van der Waals surface area contributed by atoms with E-state index in [1.807, 2.05) is 24.7 Å². The maximum atomic E-state index is 5.37. The Morgan fingerprint density at radius 3 is 2.92 bits per heavy atom. The topological polar surface area (TPSA) is 55.9 Å². The zero-order valence-electron chi connectivity index (χ0n) is 7.67. The first-order chi connectivity index (χ1) is 5.75. The molecule has 1 rings (SSSR count). The van der Waals surface area contributed by atoms with Gasteiger partial charge < -0.3 is 15.6 Å². The summed E-state index contributed by atoms with van der Waals surface area (Å²) in [5.41, 5.74) is 5.37. The standard InChI is InChI=1S/C8H16N4/c1-7-11-6-8(12(7)2)10-5-3-4-9/h6,10H,3-5,9H2,1-2H3. The number of imidazole rings is 1. The summed E-state index contributed by atoms with van der Waals surface area (Å²) in [5, 5.41) is 3.26. The van der Waals surface area contributed by atoms with Crippen LogP contribution in [0, 0.1) is 6.92 Å². The molecule has 1 aromatic heterocycles. The van der Waals surface area contributed by atoms with Crippen molar-refractivity contribution in [1.29, 1.82) is 0 Å². The second-order valence-electron chi connectivity index (χ2n) is 2.82. The molecule has 0 spiro atoms. The summed E-state index contributed by atoms with van der Waals surface area (Å²) in [5.74, 6) is 2.08. The monoisotopic (exact) mass is 168 g/mol. The molecule has 1 heterocycles. The largest absolute Gasteiger partial charge is 0.370 e. The SMILES string of the molecule is Cc1ncc(NCCCN)n1C. The first-order valence-electron chi connectivity index (χ1n) is 4.18. The fourth-order valence-corrected chi connectivity index (χ4v) is 0.985. The van der Waals surface area contributed by atoms with Gasteiger partial charge in [0.2, 0.25) is 0 Å². The molecule has 4 nitrogen and oxygen atoms in total. The van der Waals surface area contributed by atoms with Gasteiger partial charge in [-0.1, -0.05) is 0 Å². The number of aromatic nitrogens is 2. The number of nitrogens with one attached hydrogen (secondary N) is 1. The van der Waals surface area contributed by atoms with E-state index >= 15 is 0 Å². The Balaban J connectivity index is 2.46. The summed E-state index contributed by atoms with van der Waals surface area (Å²) in [7, 11) is 1.99. The summed E-state index contributed by atoms with van der Waals surface area (Å²) in [6.45, 7) is 3.62. The van der Waals surface area contributed by atoms with Crippen LogP contribution in [0.15, 0.2) is 6.20 Å². The molecule has 0 atom stereocenters. The van der Waals surface area contributed by atoms with Crippen molar-refractivity contribution in [3.05, 3.63) is 12.0 Å². The summed E-state index contributed by atoms with van der Waals surface area (Å²) < 4.78 is 2.02. The number of aryl methyl sites for hydroxylation is 1. The molecule has 68 valence electrons.